The van der Waals surface area contributed by atoms with Crippen LogP contribution in [0.5, 0.6) is 0 Å². The first-order chi connectivity index (χ1) is 11.7. The number of carbonyl (C=O) groups excluding carboxylic acids is 2. The third-order valence-corrected chi connectivity index (χ3v) is 5.20. The fraction of sp³-hybridized carbons (Fsp3) is 0.333. The van der Waals surface area contributed by atoms with Crippen LogP contribution in [0, 0.1) is 0 Å². The number of anilines is 1. The molecular formula is C15H17N5O2S2. The first kappa shape index (κ1) is 16.7. The lowest BCUT2D eigenvalue weighted by molar-refractivity contribution is -0.117. The zero-order valence-corrected chi connectivity index (χ0v) is 14.5. The first-order valence-electron chi connectivity index (χ1n) is 7.53. The summed E-state index contributed by atoms with van der Waals surface area (Å²) < 4.78 is 0.684. The van der Waals surface area contributed by atoms with Gasteiger partial charge < -0.3 is 10.6 Å². The van der Waals surface area contributed by atoms with E-state index in [0.29, 0.717) is 16.0 Å². The molecule has 1 aromatic carbocycles. The minimum atomic E-state index is -0.425. The minimum Gasteiger partial charge on any atom is -0.356 e. The van der Waals surface area contributed by atoms with Gasteiger partial charge in [-0.15, -0.1) is 10.2 Å². The van der Waals surface area contributed by atoms with E-state index >= 15 is 0 Å². The second-order valence-corrected chi connectivity index (χ2v) is 7.50. The molecule has 126 valence electrons. The highest BCUT2D eigenvalue weighted by Gasteiger charge is 2.23. The molecule has 0 spiro atoms. The number of hydrogen-bond donors (Lipinski definition) is 3. The fourth-order valence-corrected chi connectivity index (χ4v) is 3.40. The third-order valence-electron chi connectivity index (χ3n) is 3.19. The van der Waals surface area contributed by atoms with Gasteiger partial charge in [-0.1, -0.05) is 53.4 Å². The van der Waals surface area contributed by atoms with Crippen molar-refractivity contribution in [3.8, 4) is 0 Å². The summed E-state index contributed by atoms with van der Waals surface area (Å²) in [6, 6.07) is 9.80. The van der Waals surface area contributed by atoms with Gasteiger partial charge in [-0.2, -0.15) is 0 Å². The van der Waals surface area contributed by atoms with Crippen molar-refractivity contribution >= 4 is 40.2 Å². The second kappa shape index (κ2) is 8.11. The van der Waals surface area contributed by atoms with E-state index in [1.165, 1.54) is 23.1 Å². The van der Waals surface area contributed by atoms with Gasteiger partial charge in [-0.05, 0) is 18.4 Å². The summed E-state index contributed by atoms with van der Waals surface area (Å²) in [7, 11) is 0. The SMILES string of the molecule is O=C(CSc1nnc(NCc2ccccc2)s1)NC(=O)NC1CC1. The molecule has 9 heteroatoms. The van der Waals surface area contributed by atoms with Crippen molar-refractivity contribution in [2.75, 3.05) is 11.1 Å². The van der Waals surface area contributed by atoms with Gasteiger partial charge in [0.1, 0.15) is 0 Å². The van der Waals surface area contributed by atoms with E-state index in [1.807, 2.05) is 30.3 Å². The van der Waals surface area contributed by atoms with Crippen LogP contribution in [0.3, 0.4) is 0 Å². The van der Waals surface area contributed by atoms with Crippen molar-refractivity contribution in [1.29, 1.82) is 0 Å². The van der Waals surface area contributed by atoms with Gasteiger partial charge >= 0.3 is 6.03 Å². The van der Waals surface area contributed by atoms with Gasteiger partial charge in [0.2, 0.25) is 11.0 Å². The Balaban J connectivity index is 1.38. The van der Waals surface area contributed by atoms with Gasteiger partial charge in [0.25, 0.3) is 0 Å². The summed E-state index contributed by atoms with van der Waals surface area (Å²) in [6.07, 6.45) is 1.97. The Bertz CT molecular complexity index is 703. The molecule has 3 N–H and O–H groups in total. The zero-order chi connectivity index (χ0) is 16.8. The summed E-state index contributed by atoms with van der Waals surface area (Å²) in [5.74, 6) is -0.210. The van der Waals surface area contributed by atoms with Crippen molar-refractivity contribution < 1.29 is 9.59 Å². The summed E-state index contributed by atoms with van der Waals surface area (Å²) in [5, 5.41) is 17.0. The van der Waals surface area contributed by atoms with Crippen molar-refractivity contribution in [2.24, 2.45) is 0 Å². The fourth-order valence-electron chi connectivity index (χ4n) is 1.85. The van der Waals surface area contributed by atoms with Crippen LogP contribution in [0.4, 0.5) is 9.93 Å². The molecule has 0 aliphatic heterocycles. The number of thioether (sulfide) groups is 1. The van der Waals surface area contributed by atoms with Gasteiger partial charge in [0.05, 0.1) is 5.75 Å². The van der Waals surface area contributed by atoms with Crippen molar-refractivity contribution in [3.05, 3.63) is 35.9 Å². The van der Waals surface area contributed by atoms with Gasteiger partial charge in [-0.25, -0.2) is 4.79 Å². The lowest BCUT2D eigenvalue weighted by Crippen LogP contribution is -2.41. The molecule has 7 nitrogen and oxygen atoms in total. The predicted octanol–water partition coefficient (Wildman–Crippen LogP) is 2.23. The number of amides is 3. The number of urea groups is 1. The zero-order valence-electron chi connectivity index (χ0n) is 12.8. The molecule has 24 heavy (non-hydrogen) atoms. The van der Waals surface area contributed by atoms with E-state index in [2.05, 4.69) is 26.1 Å². The standard InChI is InChI=1S/C15H17N5O2S2/c21-12(18-13(22)17-11-6-7-11)9-23-15-20-19-14(24-15)16-8-10-4-2-1-3-5-10/h1-5,11H,6-9H2,(H,16,19)(H2,17,18,21,22). The third kappa shape index (κ3) is 5.50. The van der Waals surface area contributed by atoms with Crippen LogP contribution < -0.4 is 16.0 Å². The summed E-state index contributed by atoms with van der Waals surface area (Å²) in [4.78, 5) is 23.1. The Morgan fingerprint density at radius 1 is 1.21 bits per heavy atom. The Morgan fingerprint density at radius 3 is 2.75 bits per heavy atom. The molecule has 0 unspecified atom stereocenters. The summed E-state index contributed by atoms with van der Waals surface area (Å²) in [5.41, 5.74) is 1.16. The van der Waals surface area contributed by atoms with Crippen LogP contribution in [0.2, 0.25) is 0 Å². The number of aromatic nitrogens is 2. The quantitative estimate of drug-likeness (QED) is 0.653. The molecule has 1 aromatic heterocycles. The second-order valence-electron chi connectivity index (χ2n) is 5.30. The molecule has 3 rings (SSSR count). The van der Waals surface area contributed by atoms with E-state index in [9.17, 15) is 9.59 Å². The first-order valence-corrected chi connectivity index (χ1v) is 9.34. The molecule has 1 aliphatic carbocycles. The van der Waals surface area contributed by atoms with Gasteiger partial charge in [0.15, 0.2) is 4.34 Å². The number of carbonyl (C=O) groups is 2. The normalized spacial score (nSPS) is 13.3. The number of nitrogens with zero attached hydrogens (tertiary/aromatic N) is 2. The largest absolute Gasteiger partial charge is 0.356 e. The van der Waals surface area contributed by atoms with Gasteiger partial charge in [-0.3, -0.25) is 10.1 Å². The van der Waals surface area contributed by atoms with E-state index in [-0.39, 0.29) is 17.7 Å². The van der Waals surface area contributed by atoms with Crippen LogP contribution in [-0.4, -0.2) is 33.9 Å². The average molecular weight is 363 g/mol. The molecular weight excluding hydrogens is 346 g/mol. The lowest BCUT2D eigenvalue weighted by Gasteiger charge is -2.04. The molecule has 0 saturated heterocycles. The molecule has 3 amide bonds. The maximum atomic E-state index is 11.7. The smallest absolute Gasteiger partial charge is 0.321 e. The Labute approximate surface area is 147 Å². The highest BCUT2D eigenvalue weighted by atomic mass is 32.2. The summed E-state index contributed by atoms with van der Waals surface area (Å²) >= 11 is 2.64. The highest BCUT2D eigenvalue weighted by molar-refractivity contribution is 8.01. The van der Waals surface area contributed by atoms with E-state index < -0.39 is 6.03 Å². The molecule has 0 radical (unpaired) electrons. The molecule has 1 saturated carbocycles. The van der Waals surface area contributed by atoms with Crippen molar-refractivity contribution in [3.63, 3.8) is 0 Å². The molecule has 1 aliphatic rings. The Kier molecular flexibility index (Phi) is 5.65. The van der Waals surface area contributed by atoms with Crippen LogP contribution in [-0.2, 0) is 11.3 Å². The highest BCUT2D eigenvalue weighted by Crippen LogP contribution is 2.25. The molecule has 0 bridgehead atoms. The van der Waals surface area contributed by atoms with Gasteiger partial charge in [0, 0.05) is 12.6 Å². The maximum absolute atomic E-state index is 11.7. The van der Waals surface area contributed by atoms with Crippen molar-refractivity contribution in [2.45, 2.75) is 29.8 Å². The van der Waals surface area contributed by atoms with Crippen LogP contribution >= 0.6 is 23.1 Å². The summed E-state index contributed by atoms with van der Waals surface area (Å²) in [6.45, 7) is 0.669. The Morgan fingerprint density at radius 2 is 2.00 bits per heavy atom. The maximum Gasteiger partial charge on any atom is 0.321 e. The molecule has 1 heterocycles. The number of imide groups is 1. The molecule has 1 fully saturated rings. The molecule has 0 atom stereocenters. The van der Waals surface area contributed by atoms with E-state index in [1.54, 1.807) is 0 Å². The monoisotopic (exact) mass is 363 g/mol. The minimum absolute atomic E-state index is 0.130. The van der Waals surface area contributed by atoms with E-state index in [0.717, 1.165) is 18.4 Å². The lowest BCUT2D eigenvalue weighted by atomic mass is 10.2. The van der Waals surface area contributed by atoms with Crippen LogP contribution in [0.1, 0.15) is 18.4 Å². The van der Waals surface area contributed by atoms with Crippen LogP contribution in [0.15, 0.2) is 34.7 Å². The van der Waals surface area contributed by atoms with Crippen LogP contribution in [0.25, 0.3) is 0 Å². The predicted molar refractivity (Wildman–Crippen MR) is 94.1 cm³/mol. The van der Waals surface area contributed by atoms with Crippen molar-refractivity contribution in [1.82, 2.24) is 20.8 Å². The number of benzene rings is 1. The number of nitrogens with one attached hydrogen (secondary N) is 3. The topological polar surface area (TPSA) is 96.0 Å². The van der Waals surface area contributed by atoms with E-state index in [4.69, 9.17) is 0 Å². The Hall–Kier alpha value is -2.13. The molecule has 2 aromatic rings. The number of rotatable bonds is 7. The average Bonchev–Trinajstić information content (AvgIpc) is 3.27. The number of hydrogen-bond acceptors (Lipinski definition) is 7.